The molecule has 1 aliphatic carbocycles. The highest BCUT2D eigenvalue weighted by molar-refractivity contribution is 5.54. The van der Waals surface area contributed by atoms with Crippen molar-refractivity contribution in [2.45, 2.75) is 26.2 Å². The Morgan fingerprint density at radius 1 is 1.47 bits per heavy atom. The fourth-order valence-electron chi connectivity index (χ4n) is 1.54. The van der Waals surface area contributed by atoms with Crippen molar-refractivity contribution in [3.63, 3.8) is 0 Å². The number of halogens is 1. The molecule has 2 rings (SSSR count). The molecule has 0 unspecified atom stereocenters. The average Bonchev–Trinajstić information content (AvgIpc) is 2.97. The van der Waals surface area contributed by atoms with E-state index in [2.05, 4.69) is 0 Å². The average molecular weight is 209 g/mol. The van der Waals surface area contributed by atoms with Crippen LogP contribution in [0.1, 0.15) is 24.8 Å². The molecular formula is C12H16FNO. The van der Waals surface area contributed by atoms with E-state index in [9.17, 15) is 4.39 Å². The van der Waals surface area contributed by atoms with Crippen LogP contribution in [-0.2, 0) is 0 Å². The molecule has 0 spiro atoms. The van der Waals surface area contributed by atoms with E-state index in [4.69, 9.17) is 10.5 Å². The van der Waals surface area contributed by atoms with Gasteiger partial charge in [0.05, 0.1) is 12.3 Å². The second-order valence-electron chi connectivity index (χ2n) is 4.22. The van der Waals surface area contributed by atoms with Crippen molar-refractivity contribution in [2.75, 3.05) is 12.3 Å². The summed E-state index contributed by atoms with van der Waals surface area (Å²) >= 11 is 0. The first-order valence-electron chi connectivity index (χ1n) is 5.35. The van der Waals surface area contributed by atoms with Gasteiger partial charge in [0.2, 0.25) is 0 Å². The van der Waals surface area contributed by atoms with E-state index in [1.165, 1.54) is 18.9 Å². The van der Waals surface area contributed by atoms with Gasteiger partial charge < -0.3 is 10.5 Å². The third kappa shape index (κ3) is 2.61. The summed E-state index contributed by atoms with van der Waals surface area (Å²) in [5.41, 5.74) is 6.62. The minimum Gasteiger partial charge on any atom is -0.491 e. The molecule has 0 bridgehead atoms. The van der Waals surface area contributed by atoms with Crippen molar-refractivity contribution in [2.24, 2.45) is 5.92 Å². The number of hydrogen-bond donors (Lipinski definition) is 1. The van der Waals surface area contributed by atoms with Crippen LogP contribution in [0.3, 0.4) is 0 Å². The lowest BCUT2D eigenvalue weighted by Gasteiger charge is -2.09. The normalized spacial score (nSPS) is 15.3. The molecule has 1 aliphatic rings. The molecule has 1 saturated carbocycles. The molecule has 0 aliphatic heterocycles. The Kier molecular flexibility index (Phi) is 2.80. The zero-order chi connectivity index (χ0) is 10.8. The second kappa shape index (κ2) is 4.09. The molecule has 82 valence electrons. The lowest BCUT2D eigenvalue weighted by Crippen LogP contribution is -2.02. The first kappa shape index (κ1) is 10.3. The van der Waals surface area contributed by atoms with Crippen LogP contribution in [0.5, 0.6) is 5.75 Å². The van der Waals surface area contributed by atoms with Crippen molar-refractivity contribution >= 4 is 5.69 Å². The number of ether oxygens (including phenoxy) is 1. The molecule has 15 heavy (non-hydrogen) atoms. The maximum Gasteiger partial charge on any atom is 0.142 e. The highest BCUT2D eigenvalue weighted by atomic mass is 19.1. The fraction of sp³-hybridized carbons (Fsp3) is 0.500. The van der Waals surface area contributed by atoms with Gasteiger partial charge in [-0.25, -0.2) is 4.39 Å². The van der Waals surface area contributed by atoms with Crippen LogP contribution in [0, 0.1) is 18.7 Å². The van der Waals surface area contributed by atoms with Gasteiger partial charge in [-0.15, -0.1) is 0 Å². The SMILES string of the molecule is Cc1cc(OCCC2CC2)c(N)cc1F. The highest BCUT2D eigenvalue weighted by Gasteiger charge is 2.20. The summed E-state index contributed by atoms with van der Waals surface area (Å²) in [6.45, 7) is 2.39. The number of nitrogens with two attached hydrogens (primary N) is 1. The van der Waals surface area contributed by atoms with Crippen molar-refractivity contribution < 1.29 is 9.13 Å². The molecule has 1 aromatic carbocycles. The Hall–Kier alpha value is -1.25. The van der Waals surface area contributed by atoms with Gasteiger partial charge in [-0.2, -0.15) is 0 Å². The molecular weight excluding hydrogens is 193 g/mol. The summed E-state index contributed by atoms with van der Waals surface area (Å²) in [5, 5.41) is 0. The second-order valence-corrected chi connectivity index (χ2v) is 4.22. The first-order chi connectivity index (χ1) is 7.16. The van der Waals surface area contributed by atoms with E-state index in [0.717, 1.165) is 12.3 Å². The number of nitrogen functional groups attached to an aromatic ring is 1. The zero-order valence-electron chi connectivity index (χ0n) is 8.92. The van der Waals surface area contributed by atoms with Gasteiger partial charge >= 0.3 is 0 Å². The lowest BCUT2D eigenvalue weighted by molar-refractivity contribution is 0.303. The van der Waals surface area contributed by atoms with Crippen LogP contribution in [-0.4, -0.2) is 6.61 Å². The maximum absolute atomic E-state index is 13.1. The van der Waals surface area contributed by atoms with Gasteiger partial charge in [0, 0.05) is 6.07 Å². The van der Waals surface area contributed by atoms with E-state index in [1.807, 2.05) is 0 Å². The Morgan fingerprint density at radius 2 is 2.20 bits per heavy atom. The van der Waals surface area contributed by atoms with Crippen molar-refractivity contribution in [3.8, 4) is 5.75 Å². The van der Waals surface area contributed by atoms with Gasteiger partial charge in [-0.1, -0.05) is 12.8 Å². The molecule has 0 saturated heterocycles. The predicted octanol–water partition coefficient (Wildman–Crippen LogP) is 2.90. The molecule has 0 radical (unpaired) electrons. The summed E-state index contributed by atoms with van der Waals surface area (Å²) in [4.78, 5) is 0. The number of aryl methyl sites for hydroxylation is 1. The summed E-state index contributed by atoms with van der Waals surface area (Å²) in [7, 11) is 0. The Bertz CT molecular complexity index is 361. The van der Waals surface area contributed by atoms with Crippen molar-refractivity contribution in [1.82, 2.24) is 0 Å². The minimum atomic E-state index is -0.276. The number of anilines is 1. The zero-order valence-corrected chi connectivity index (χ0v) is 8.92. The highest BCUT2D eigenvalue weighted by Crippen LogP contribution is 2.33. The third-order valence-electron chi connectivity index (χ3n) is 2.77. The van der Waals surface area contributed by atoms with Gasteiger partial charge in [0.1, 0.15) is 11.6 Å². The molecule has 3 heteroatoms. The van der Waals surface area contributed by atoms with Crippen LogP contribution >= 0.6 is 0 Å². The smallest absolute Gasteiger partial charge is 0.142 e. The van der Waals surface area contributed by atoms with E-state index in [1.54, 1.807) is 13.0 Å². The van der Waals surface area contributed by atoms with Gasteiger partial charge in [0.15, 0.2) is 0 Å². The number of rotatable bonds is 4. The first-order valence-corrected chi connectivity index (χ1v) is 5.35. The summed E-state index contributed by atoms with van der Waals surface area (Å²) in [6.07, 6.45) is 3.72. The Labute approximate surface area is 89.2 Å². The molecule has 0 heterocycles. The minimum absolute atomic E-state index is 0.276. The summed E-state index contributed by atoms with van der Waals surface area (Å²) in [6, 6.07) is 2.99. The van der Waals surface area contributed by atoms with Gasteiger partial charge in [-0.3, -0.25) is 0 Å². The number of benzene rings is 1. The quantitative estimate of drug-likeness (QED) is 0.774. The van der Waals surface area contributed by atoms with Crippen LogP contribution in [0.2, 0.25) is 0 Å². The molecule has 0 aromatic heterocycles. The fourth-order valence-corrected chi connectivity index (χ4v) is 1.54. The molecule has 1 aromatic rings. The molecule has 2 nitrogen and oxygen atoms in total. The monoisotopic (exact) mass is 209 g/mol. The van der Waals surface area contributed by atoms with E-state index in [-0.39, 0.29) is 5.82 Å². The van der Waals surface area contributed by atoms with Gasteiger partial charge in [0.25, 0.3) is 0 Å². The summed E-state index contributed by atoms with van der Waals surface area (Å²) in [5.74, 6) is 1.17. The molecule has 2 N–H and O–H groups in total. The van der Waals surface area contributed by atoms with Crippen LogP contribution in [0.25, 0.3) is 0 Å². The predicted molar refractivity (Wildman–Crippen MR) is 58.4 cm³/mol. The standard InChI is InChI=1S/C12H16FNO/c1-8-6-12(11(14)7-10(8)13)15-5-4-9-2-3-9/h6-7,9H,2-5,14H2,1H3. The topological polar surface area (TPSA) is 35.2 Å². The Morgan fingerprint density at radius 3 is 2.87 bits per heavy atom. The van der Waals surface area contributed by atoms with Gasteiger partial charge in [-0.05, 0) is 30.9 Å². The van der Waals surface area contributed by atoms with Crippen LogP contribution in [0.15, 0.2) is 12.1 Å². The van der Waals surface area contributed by atoms with Crippen molar-refractivity contribution in [1.29, 1.82) is 0 Å². The molecule has 1 fully saturated rings. The molecule has 0 amide bonds. The van der Waals surface area contributed by atoms with E-state index >= 15 is 0 Å². The summed E-state index contributed by atoms with van der Waals surface area (Å²) < 4.78 is 18.6. The van der Waals surface area contributed by atoms with E-state index in [0.29, 0.717) is 23.6 Å². The van der Waals surface area contributed by atoms with E-state index < -0.39 is 0 Å². The maximum atomic E-state index is 13.1. The molecule has 0 atom stereocenters. The van der Waals surface area contributed by atoms with Crippen LogP contribution in [0.4, 0.5) is 10.1 Å². The third-order valence-corrected chi connectivity index (χ3v) is 2.77. The lowest BCUT2D eigenvalue weighted by atomic mass is 10.2. The Balaban J connectivity index is 1.96. The largest absolute Gasteiger partial charge is 0.491 e. The van der Waals surface area contributed by atoms with Crippen LogP contribution < -0.4 is 10.5 Å². The number of hydrogen-bond acceptors (Lipinski definition) is 2. The van der Waals surface area contributed by atoms with Crippen molar-refractivity contribution in [3.05, 3.63) is 23.5 Å².